The lowest BCUT2D eigenvalue weighted by Crippen LogP contribution is -2.50. The van der Waals surface area contributed by atoms with E-state index in [4.69, 9.17) is 34.5 Å². The van der Waals surface area contributed by atoms with Crippen molar-refractivity contribution in [2.75, 3.05) is 45.0 Å². The molecule has 1 aromatic carbocycles. The van der Waals surface area contributed by atoms with Gasteiger partial charge < -0.3 is 44.7 Å². The molecule has 10 heterocycles. The number of ether oxygens (including phenoxy) is 3. The number of Topliss-reactive ketones (excluding diaryl/α,β-unsaturated/α-hetero) is 2. The predicted molar refractivity (Wildman–Crippen MR) is 237 cm³/mol. The minimum absolute atomic E-state index is 0.0780. The fraction of sp³-hybridized carbons (Fsp3) is 0.364. The Morgan fingerprint density at radius 1 is 0.701 bits per heavy atom. The van der Waals surface area contributed by atoms with Gasteiger partial charge in [0.25, 0.3) is 0 Å². The van der Waals surface area contributed by atoms with E-state index in [0.29, 0.717) is 74.3 Å². The molecule has 2 fully saturated rings. The molecule has 1 atom stereocenters. The number of nitrogens with zero attached hydrogens (tertiary/aromatic N) is 12. The van der Waals surface area contributed by atoms with Gasteiger partial charge in [-0.25, -0.2) is 19.3 Å². The zero-order valence-electron chi connectivity index (χ0n) is 36.9. The number of nitrogen functional groups attached to an aromatic ring is 2. The monoisotopic (exact) mass is 914 g/mol. The summed E-state index contributed by atoms with van der Waals surface area (Å²) >= 11 is 0. The van der Waals surface area contributed by atoms with Crippen molar-refractivity contribution in [3.8, 4) is 28.9 Å². The molecule has 23 heteroatoms. The van der Waals surface area contributed by atoms with E-state index in [9.17, 15) is 19.8 Å². The number of aromatic nitrogens is 12. The summed E-state index contributed by atoms with van der Waals surface area (Å²) in [7, 11) is 1.56. The minimum atomic E-state index is -1.29. The number of benzene rings is 1. The van der Waals surface area contributed by atoms with Gasteiger partial charge in [-0.2, -0.15) is 29.2 Å². The number of hydrogen-bond donors (Lipinski definition) is 4. The van der Waals surface area contributed by atoms with Crippen molar-refractivity contribution in [2.24, 2.45) is 0 Å². The second-order valence-electron chi connectivity index (χ2n) is 17.5. The molecule has 23 nitrogen and oxygen atoms in total. The number of anilines is 2. The van der Waals surface area contributed by atoms with E-state index in [1.165, 1.54) is 21.6 Å². The number of methoxy groups -OCH3 is 1. The molecule has 2 aliphatic rings. The van der Waals surface area contributed by atoms with E-state index >= 15 is 0 Å². The third-order valence-electron chi connectivity index (χ3n) is 12.5. The smallest absolute Gasteiger partial charge is 0.225 e. The Hall–Kier alpha value is -7.60. The lowest BCUT2D eigenvalue weighted by atomic mass is 9.83. The highest BCUT2D eigenvalue weighted by molar-refractivity contribution is 5.95. The highest BCUT2D eigenvalue weighted by Crippen LogP contribution is 2.36. The van der Waals surface area contributed by atoms with Gasteiger partial charge in [-0.1, -0.05) is 12.1 Å². The summed E-state index contributed by atoms with van der Waals surface area (Å²) in [6, 6.07) is 14.2. The summed E-state index contributed by atoms with van der Waals surface area (Å²) in [6.07, 6.45) is 7.16. The third-order valence-corrected chi connectivity index (χ3v) is 12.5. The molecule has 1 unspecified atom stereocenters. The average molecular weight is 915 g/mol. The number of carbonyl (C=O) groups is 2. The Balaban J connectivity index is 0.000000160. The number of carbonyl (C=O) groups excluding carboxylic acids is 2. The van der Waals surface area contributed by atoms with Crippen LogP contribution in [-0.4, -0.2) is 125 Å². The van der Waals surface area contributed by atoms with Crippen molar-refractivity contribution in [1.82, 2.24) is 58.7 Å². The number of furan rings is 2. The first-order valence-corrected chi connectivity index (χ1v) is 21.3. The Morgan fingerprint density at radius 2 is 1.21 bits per heavy atom. The molecule has 8 aromatic heterocycles. The molecule has 67 heavy (non-hydrogen) atoms. The molecule has 0 amide bonds. The van der Waals surface area contributed by atoms with Gasteiger partial charge in [0.05, 0.1) is 69.2 Å². The molecule has 346 valence electrons. The lowest BCUT2D eigenvalue weighted by molar-refractivity contribution is -0.183. The van der Waals surface area contributed by atoms with Crippen LogP contribution >= 0.6 is 0 Å². The van der Waals surface area contributed by atoms with Gasteiger partial charge in [-0.05, 0) is 75.6 Å². The number of hydrogen-bond acceptors (Lipinski definition) is 19. The van der Waals surface area contributed by atoms with Crippen molar-refractivity contribution >= 4 is 56.8 Å². The quantitative estimate of drug-likeness (QED) is 0.122. The largest absolute Gasteiger partial charge is 0.497 e. The molecule has 0 saturated carbocycles. The van der Waals surface area contributed by atoms with Crippen molar-refractivity contribution in [3.05, 3.63) is 79.0 Å². The maximum absolute atomic E-state index is 13.9. The molecule has 6 N–H and O–H groups in total. The van der Waals surface area contributed by atoms with Crippen LogP contribution in [0.15, 0.2) is 82.3 Å². The maximum atomic E-state index is 13.9. The van der Waals surface area contributed by atoms with Crippen LogP contribution in [-0.2, 0) is 30.1 Å². The van der Waals surface area contributed by atoms with Gasteiger partial charge in [-0.3, -0.25) is 9.59 Å². The van der Waals surface area contributed by atoms with Crippen LogP contribution in [0.4, 0.5) is 11.9 Å². The molecule has 11 rings (SSSR count). The van der Waals surface area contributed by atoms with Gasteiger partial charge in [-0.15, -0.1) is 10.2 Å². The van der Waals surface area contributed by atoms with E-state index in [2.05, 4.69) is 40.3 Å². The van der Waals surface area contributed by atoms with Gasteiger partial charge in [0, 0.05) is 12.8 Å². The first-order chi connectivity index (χ1) is 32.1. The van der Waals surface area contributed by atoms with Crippen molar-refractivity contribution in [3.63, 3.8) is 0 Å². The normalized spacial score (nSPS) is 16.4. The Labute approximate surface area is 379 Å². The summed E-state index contributed by atoms with van der Waals surface area (Å²) in [5.74, 6) is 2.26. The number of nitrogens with two attached hydrogens (primary N) is 2. The molecule has 0 spiro atoms. The van der Waals surface area contributed by atoms with Gasteiger partial charge in [0.2, 0.25) is 23.5 Å². The molecule has 2 saturated heterocycles. The summed E-state index contributed by atoms with van der Waals surface area (Å²) < 4.78 is 32.4. The van der Waals surface area contributed by atoms with Crippen LogP contribution in [0.5, 0.6) is 5.75 Å². The van der Waals surface area contributed by atoms with Crippen molar-refractivity contribution < 1.29 is 42.8 Å². The topological polar surface area (TPSA) is 302 Å². The number of ketones is 2. The van der Waals surface area contributed by atoms with Crippen LogP contribution in [0.25, 0.3) is 56.5 Å². The Kier molecular flexibility index (Phi) is 10.4. The fourth-order valence-corrected chi connectivity index (χ4v) is 8.23. The van der Waals surface area contributed by atoms with Crippen LogP contribution in [0.3, 0.4) is 0 Å². The number of aliphatic hydroxyl groups is 2. The molecule has 0 radical (unpaired) electrons. The first-order valence-electron chi connectivity index (χ1n) is 21.3. The minimum Gasteiger partial charge on any atom is -0.497 e. The number of fused-ring (bicyclic) bond motifs is 6. The molecule has 9 aromatic rings. The molecule has 2 aliphatic heterocycles. The second-order valence-corrected chi connectivity index (χ2v) is 17.5. The Morgan fingerprint density at radius 3 is 1.69 bits per heavy atom. The van der Waals surface area contributed by atoms with Crippen molar-refractivity contribution in [2.45, 2.75) is 68.7 Å². The third kappa shape index (κ3) is 7.40. The van der Waals surface area contributed by atoms with E-state index in [1.807, 2.05) is 12.1 Å². The molecule has 0 aliphatic carbocycles. The molecular formula is C44H46N14O9. The van der Waals surface area contributed by atoms with Crippen LogP contribution < -0.4 is 16.2 Å². The average Bonchev–Trinajstić information content (AvgIpc) is 4.16. The summed E-state index contributed by atoms with van der Waals surface area (Å²) in [5, 5.41) is 39.7. The fourth-order valence-electron chi connectivity index (χ4n) is 8.23. The summed E-state index contributed by atoms with van der Waals surface area (Å²) in [4.78, 5) is 45.1. The summed E-state index contributed by atoms with van der Waals surface area (Å²) in [6.45, 7) is 6.24. The number of rotatable bonds is 14. The highest BCUT2D eigenvalue weighted by Gasteiger charge is 2.44. The van der Waals surface area contributed by atoms with E-state index < -0.39 is 22.3 Å². The van der Waals surface area contributed by atoms with Crippen LogP contribution in [0.2, 0.25) is 0 Å². The zero-order valence-corrected chi connectivity index (χ0v) is 36.9. The van der Waals surface area contributed by atoms with Gasteiger partial charge in [0.1, 0.15) is 28.0 Å². The van der Waals surface area contributed by atoms with Gasteiger partial charge >= 0.3 is 0 Å². The zero-order chi connectivity index (χ0) is 46.9. The molecule has 0 bridgehead atoms. The lowest BCUT2D eigenvalue weighted by Gasteiger charge is -2.37. The van der Waals surface area contributed by atoms with E-state index in [0.717, 1.165) is 0 Å². The maximum Gasteiger partial charge on any atom is 0.225 e. The van der Waals surface area contributed by atoms with E-state index in [-0.39, 0.29) is 69.2 Å². The van der Waals surface area contributed by atoms with Crippen molar-refractivity contribution in [1.29, 1.82) is 0 Å². The van der Waals surface area contributed by atoms with Gasteiger partial charge in [0.15, 0.2) is 45.7 Å². The standard InChI is InChI=1S/C25H25N7O5.C19H21N7O4/c1-24(15-5-3-6-16(11-15)35-2,19(33)8-9-25(34)13-36-14-25)32-22-17(12-27-32)21-28-20(18-7-4-10-37-18)30-31(21)23(26)29-22;1-18(2,13(27)5-6-19(28)9-29-10-19)26-16-11(8-21-26)15-22-14(12-4-3-7-30-12)24-25(15)17(20)23-16/h3-7,10-12,34H,8-9,13-14H2,1-2H3,(H2,26,29);3-4,7-8,28H,5-6,9-10H2,1-2H3,(H2,20,23). The van der Waals surface area contributed by atoms with Crippen LogP contribution in [0.1, 0.15) is 52.0 Å². The van der Waals surface area contributed by atoms with E-state index in [1.54, 1.807) is 86.0 Å². The van der Waals surface area contributed by atoms with Crippen LogP contribution in [0, 0.1) is 0 Å². The molecular weight excluding hydrogens is 869 g/mol. The SMILES string of the molecule is CC(C)(C(=O)CCC1(O)COC1)n1ncc2c1nc(N)n1nc(-c3ccco3)nc21.COc1cccc(C(C)(C(=O)CCC2(O)COC2)n2ncc3c2nc(N)n2nc(-c4ccco4)nc32)c1. The predicted octanol–water partition coefficient (Wildman–Crippen LogP) is 3.36. The summed E-state index contributed by atoms with van der Waals surface area (Å²) in [5.41, 5.74) is 10.6. The Bertz CT molecular complexity index is 3310. The highest BCUT2D eigenvalue weighted by atomic mass is 16.5. The second kappa shape index (κ2) is 16.1. The first kappa shape index (κ1) is 43.3.